The van der Waals surface area contributed by atoms with Crippen LogP contribution in [0.4, 0.5) is 0 Å². The zero-order chi connectivity index (χ0) is 10.7. The third-order valence-corrected chi connectivity index (χ3v) is 1.57. The highest BCUT2D eigenvalue weighted by atomic mass is 16.5. The molecule has 0 unspecified atom stereocenters. The van der Waals surface area contributed by atoms with Crippen LogP contribution >= 0.6 is 0 Å². The van der Waals surface area contributed by atoms with E-state index >= 15 is 0 Å². The van der Waals surface area contributed by atoms with Crippen LogP contribution in [0.15, 0.2) is 24.3 Å². The van der Waals surface area contributed by atoms with Crippen LogP contribution in [0, 0.1) is 0 Å². The van der Waals surface area contributed by atoms with Crippen molar-refractivity contribution in [1.82, 2.24) is 4.90 Å². The van der Waals surface area contributed by atoms with Crippen LogP contribution in [-0.2, 0) is 19.1 Å². The Bertz CT molecular complexity index is 325. The second-order valence-electron chi connectivity index (χ2n) is 2.78. The minimum absolute atomic E-state index is 0.219. The van der Waals surface area contributed by atoms with E-state index in [1.54, 1.807) is 0 Å². The minimum atomic E-state index is -0.627. The molecule has 0 aromatic rings. The van der Waals surface area contributed by atoms with Gasteiger partial charge >= 0.3 is 5.97 Å². The van der Waals surface area contributed by atoms with Crippen molar-refractivity contribution in [1.29, 1.82) is 0 Å². The fourth-order valence-corrected chi connectivity index (χ4v) is 0.805. The molecule has 1 rings (SSSR count). The smallest absolute Gasteiger partial charge is 0.334 e. The van der Waals surface area contributed by atoms with Crippen molar-refractivity contribution in [3.8, 4) is 0 Å². The lowest BCUT2D eigenvalue weighted by Crippen LogP contribution is -2.33. The molecule has 0 bridgehead atoms. The van der Waals surface area contributed by atoms with Crippen LogP contribution < -0.4 is 0 Å². The fourth-order valence-electron chi connectivity index (χ4n) is 0.805. The predicted octanol–water partition coefficient (Wildman–Crippen LogP) is -0.0118. The Morgan fingerprint density at radius 1 is 1.43 bits per heavy atom. The maximum absolute atomic E-state index is 11.0. The summed E-state index contributed by atoms with van der Waals surface area (Å²) in [6.45, 7) is 4.48. The molecule has 0 saturated carbocycles. The number of rotatable bonds is 3. The lowest BCUT2D eigenvalue weighted by atomic mass is 10.4. The Morgan fingerprint density at radius 2 is 1.93 bits per heavy atom. The van der Waals surface area contributed by atoms with Crippen LogP contribution in [-0.4, -0.2) is 29.4 Å². The first-order valence-corrected chi connectivity index (χ1v) is 3.88. The quantitative estimate of drug-likeness (QED) is 0.361. The molecule has 0 spiro atoms. The van der Waals surface area contributed by atoms with Gasteiger partial charge in [0.2, 0.25) is 0 Å². The minimum Gasteiger partial charge on any atom is -0.440 e. The van der Waals surface area contributed by atoms with Crippen molar-refractivity contribution in [3.63, 3.8) is 0 Å². The number of nitrogens with zero attached hydrogens (tertiary/aromatic N) is 1. The summed E-state index contributed by atoms with van der Waals surface area (Å²) in [5.74, 6) is -1.59. The van der Waals surface area contributed by atoms with Gasteiger partial charge in [0, 0.05) is 17.7 Å². The van der Waals surface area contributed by atoms with Crippen molar-refractivity contribution in [2.75, 3.05) is 6.73 Å². The van der Waals surface area contributed by atoms with Crippen molar-refractivity contribution in [2.24, 2.45) is 0 Å². The first-order valence-electron chi connectivity index (χ1n) is 3.88. The molecule has 0 N–H and O–H groups in total. The van der Waals surface area contributed by atoms with E-state index in [0.29, 0.717) is 0 Å². The monoisotopic (exact) mass is 195 g/mol. The first-order chi connectivity index (χ1) is 6.52. The first kappa shape index (κ1) is 10.2. The number of ether oxygens (including phenoxy) is 1. The average Bonchev–Trinajstić information content (AvgIpc) is 2.43. The Kier molecular flexibility index (Phi) is 2.81. The summed E-state index contributed by atoms with van der Waals surface area (Å²) in [5.41, 5.74) is 0.219. The molecule has 5 nitrogen and oxygen atoms in total. The van der Waals surface area contributed by atoms with E-state index in [0.717, 1.165) is 17.1 Å². The van der Waals surface area contributed by atoms with Gasteiger partial charge in [-0.25, -0.2) is 9.69 Å². The largest absolute Gasteiger partial charge is 0.440 e. The Hall–Kier alpha value is -1.91. The van der Waals surface area contributed by atoms with Gasteiger partial charge in [0.05, 0.1) is 0 Å². The number of esters is 1. The summed E-state index contributed by atoms with van der Waals surface area (Å²) in [5, 5.41) is 0. The molecular formula is C9H9NO4. The van der Waals surface area contributed by atoms with Crippen LogP contribution in [0.1, 0.15) is 6.92 Å². The molecule has 0 atom stereocenters. The molecule has 5 heteroatoms. The van der Waals surface area contributed by atoms with Gasteiger partial charge in [0.15, 0.2) is 6.73 Å². The second kappa shape index (κ2) is 3.87. The molecule has 0 aromatic carbocycles. The maximum atomic E-state index is 11.0. The maximum Gasteiger partial charge on any atom is 0.334 e. The van der Waals surface area contributed by atoms with Gasteiger partial charge < -0.3 is 4.74 Å². The summed E-state index contributed by atoms with van der Waals surface area (Å²) < 4.78 is 4.63. The normalized spacial score (nSPS) is 14.8. The molecule has 2 amide bonds. The van der Waals surface area contributed by atoms with Gasteiger partial charge in [-0.3, -0.25) is 9.59 Å². The van der Waals surface area contributed by atoms with Crippen molar-refractivity contribution in [3.05, 3.63) is 24.3 Å². The van der Waals surface area contributed by atoms with Gasteiger partial charge in [-0.05, 0) is 6.92 Å². The number of hydrogen-bond acceptors (Lipinski definition) is 4. The van der Waals surface area contributed by atoms with Crippen molar-refractivity contribution < 1.29 is 19.1 Å². The van der Waals surface area contributed by atoms with Gasteiger partial charge in [0.1, 0.15) is 0 Å². The molecule has 0 aliphatic carbocycles. The molecule has 0 saturated heterocycles. The fraction of sp³-hybridized carbons (Fsp3) is 0.222. The van der Waals surface area contributed by atoms with E-state index in [4.69, 9.17) is 0 Å². The van der Waals surface area contributed by atoms with Gasteiger partial charge in [0.25, 0.3) is 11.8 Å². The molecule has 0 fully saturated rings. The van der Waals surface area contributed by atoms with E-state index in [1.165, 1.54) is 6.92 Å². The highest BCUT2D eigenvalue weighted by molar-refractivity contribution is 6.12. The van der Waals surface area contributed by atoms with Crippen LogP contribution in [0.25, 0.3) is 0 Å². The summed E-state index contributed by atoms with van der Waals surface area (Å²) in [6, 6.07) is 0. The van der Waals surface area contributed by atoms with E-state index in [-0.39, 0.29) is 12.3 Å². The van der Waals surface area contributed by atoms with E-state index in [1.807, 2.05) is 0 Å². The summed E-state index contributed by atoms with van der Waals surface area (Å²) in [6.07, 6.45) is 2.24. The third-order valence-electron chi connectivity index (χ3n) is 1.57. The Morgan fingerprint density at radius 3 is 2.36 bits per heavy atom. The molecule has 14 heavy (non-hydrogen) atoms. The third kappa shape index (κ3) is 2.07. The predicted molar refractivity (Wildman–Crippen MR) is 46.8 cm³/mol. The van der Waals surface area contributed by atoms with Crippen LogP contribution in [0.2, 0.25) is 0 Å². The van der Waals surface area contributed by atoms with E-state index in [9.17, 15) is 14.4 Å². The molecule has 0 aromatic heterocycles. The van der Waals surface area contributed by atoms with Gasteiger partial charge in [-0.15, -0.1) is 0 Å². The number of hydrogen-bond donors (Lipinski definition) is 0. The zero-order valence-electron chi connectivity index (χ0n) is 7.65. The number of carbonyl (C=O) groups excluding carboxylic acids is 3. The number of carbonyl (C=O) groups is 3. The average molecular weight is 195 g/mol. The Balaban J connectivity index is 2.47. The van der Waals surface area contributed by atoms with E-state index in [2.05, 4.69) is 11.3 Å². The molecule has 0 radical (unpaired) electrons. The van der Waals surface area contributed by atoms with Gasteiger partial charge in [-0.2, -0.15) is 0 Å². The van der Waals surface area contributed by atoms with Gasteiger partial charge in [-0.1, -0.05) is 6.58 Å². The molecule has 74 valence electrons. The molecule has 1 aliphatic rings. The summed E-state index contributed by atoms with van der Waals surface area (Å²) >= 11 is 0. The SMILES string of the molecule is C=C(C)C(=O)OCN1C(=O)C=CC1=O. The lowest BCUT2D eigenvalue weighted by Gasteiger charge is -2.13. The van der Waals surface area contributed by atoms with Crippen LogP contribution in [0.5, 0.6) is 0 Å². The van der Waals surface area contributed by atoms with Crippen LogP contribution in [0.3, 0.4) is 0 Å². The zero-order valence-corrected chi connectivity index (χ0v) is 7.65. The molecular weight excluding hydrogens is 186 g/mol. The van der Waals surface area contributed by atoms with Crippen molar-refractivity contribution in [2.45, 2.75) is 6.92 Å². The highest BCUT2D eigenvalue weighted by Gasteiger charge is 2.24. The summed E-state index contributed by atoms with van der Waals surface area (Å²) in [7, 11) is 0. The molecule has 1 aliphatic heterocycles. The van der Waals surface area contributed by atoms with Crippen molar-refractivity contribution >= 4 is 17.8 Å². The summed E-state index contributed by atoms with van der Waals surface area (Å²) in [4.78, 5) is 33.7. The number of amides is 2. The molecule has 1 heterocycles. The second-order valence-corrected chi connectivity index (χ2v) is 2.78. The highest BCUT2D eigenvalue weighted by Crippen LogP contribution is 2.04. The van der Waals surface area contributed by atoms with E-state index < -0.39 is 17.8 Å². The standard InChI is InChI=1S/C9H9NO4/c1-6(2)9(13)14-5-10-7(11)3-4-8(10)12/h3-4H,1,5H2,2H3. The Labute approximate surface area is 80.6 Å². The number of imide groups is 1. The topological polar surface area (TPSA) is 63.7 Å². The lowest BCUT2D eigenvalue weighted by molar-refractivity contribution is -0.151.